The summed E-state index contributed by atoms with van der Waals surface area (Å²) in [4.78, 5) is 2.46. The molecule has 0 unspecified atom stereocenters. The molecule has 0 saturated heterocycles. The Balaban J connectivity index is 2.02. The third-order valence-corrected chi connectivity index (χ3v) is 3.73. The molecular formula is C13H27N. The van der Waals surface area contributed by atoms with Crippen LogP contribution in [0.1, 0.15) is 58.8 Å². The van der Waals surface area contributed by atoms with Gasteiger partial charge in [-0.05, 0) is 46.2 Å². The van der Waals surface area contributed by atoms with Gasteiger partial charge in [-0.25, -0.2) is 0 Å². The summed E-state index contributed by atoms with van der Waals surface area (Å²) in [6.45, 7) is 5.84. The van der Waals surface area contributed by atoms with E-state index in [1.807, 2.05) is 0 Å². The molecule has 0 aromatic heterocycles. The fourth-order valence-corrected chi connectivity index (χ4v) is 2.36. The maximum absolute atomic E-state index is 2.46. The van der Waals surface area contributed by atoms with Gasteiger partial charge in [-0.15, -0.1) is 0 Å². The monoisotopic (exact) mass is 197 g/mol. The van der Waals surface area contributed by atoms with Crippen LogP contribution in [0.25, 0.3) is 0 Å². The molecule has 84 valence electrons. The van der Waals surface area contributed by atoms with Crippen LogP contribution in [0.5, 0.6) is 0 Å². The maximum Gasteiger partial charge on any atom is 0.00355 e. The maximum atomic E-state index is 2.46. The van der Waals surface area contributed by atoms with E-state index in [1.54, 1.807) is 0 Å². The minimum absolute atomic E-state index is 0.710. The highest BCUT2D eigenvalue weighted by Gasteiger charge is 2.13. The number of hydrogen-bond donors (Lipinski definition) is 0. The molecule has 1 rings (SSSR count). The lowest BCUT2D eigenvalue weighted by Gasteiger charge is -2.24. The topological polar surface area (TPSA) is 3.24 Å². The lowest BCUT2D eigenvalue weighted by molar-refractivity contribution is 0.249. The molecule has 0 aromatic rings. The van der Waals surface area contributed by atoms with Crippen molar-refractivity contribution in [2.75, 3.05) is 13.6 Å². The second kappa shape index (κ2) is 6.44. The Morgan fingerprint density at radius 3 is 2.36 bits per heavy atom. The summed E-state index contributed by atoms with van der Waals surface area (Å²) in [5.74, 6) is 1.06. The molecule has 1 saturated carbocycles. The van der Waals surface area contributed by atoms with Gasteiger partial charge in [-0.1, -0.05) is 32.1 Å². The van der Waals surface area contributed by atoms with Crippen molar-refractivity contribution in [2.45, 2.75) is 64.8 Å². The summed E-state index contributed by atoms with van der Waals surface area (Å²) < 4.78 is 0. The largest absolute Gasteiger partial charge is 0.304 e. The first-order valence-corrected chi connectivity index (χ1v) is 6.40. The van der Waals surface area contributed by atoms with Crippen molar-refractivity contribution in [3.05, 3.63) is 0 Å². The Morgan fingerprint density at radius 1 is 1.14 bits per heavy atom. The number of hydrogen-bond acceptors (Lipinski definition) is 1. The van der Waals surface area contributed by atoms with Gasteiger partial charge in [0, 0.05) is 6.04 Å². The number of rotatable bonds is 5. The lowest BCUT2D eigenvalue weighted by Crippen LogP contribution is -2.27. The van der Waals surface area contributed by atoms with Gasteiger partial charge in [0.05, 0.1) is 0 Å². The summed E-state index contributed by atoms with van der Waals surface area (Å²) in [7, 11) is 2.24. The van der Waals surface area contributed by atoms with Crippen LogP contribution in [0.15, 0.2) is 0 Å². The highest BCUT2D eigenvalue weighted by Crippen LogP contribution is 2.27. The molecule has 0 atom stereocenters. The Hall–Kier alpha value is -0.0400. The minimum Gasteiger partial charge on any atom is -0.304 e. The molecule has 1 nitrogen and oxygen atoms in total. The van der Waals surface area contributed by atoms with E-state index in [-0.39, 0.29) is 0 Å². The van der Waals surface area contributed by atoms with Gasteiger partial charge >= 0.3 is 0 Å². The van der Waals surface area contributed by atoms with Crippen molar-refractivity contribution in [2.24, 2.45) is 5.92 Å². The first-order chi connectivity index (χ1) is 6.70. The van der Waals surface area contributed by atoms with Gasteiger partial charge in [0.2, 0.25) is 0 Å². The molecule has 0 heterocycles. The van der Waals surface area contributed by atoms with E-state index in [1.165, 1.54) is 51.5 Å². The number of nitrogens with zero attached hydrogens (tertiary/aromatic N) is 1. The van der Waals surface area contributed by atoms with Crippen molar-refractivity contribution < 1.29 is 0 Å². The Morgan fingerprint density at radius 2 is 1.79 bits per heavy atom. The van der Waals surface area contributed by atoms with E-state index in [4.69, 9.17) is 0 Å². The summed E-state index contributed by atoms with van der Waals surface area (Å²) in [6, 6.07) is 0.710. The van der Waals surface area contributed by atoms with Crippen LogP contribution in [0.2, 0.25) is 0 Å². The minimum atomic E-state index is 0.710. The third kappa shape index (κ3) is 4.45. The molecule has 0 amide bonds. The molecular weight excluding hydrogens is 170 g/mol. The predicted octanol–water partition coefficient (Wildman–Crippen LogP) is 3.69. The molecule has 1 fully saturated rings. The molecule has 1 aliphatic rings. The summed E-state index contributed by atoms with van der Waals surface area (Å²) >= 11 is 0. The molecule has 0 aromatic carbocycles. The van der Waals surface area contributed by atoms with Gasteiger partial charge < -0.3 is 4.90 Å². The Kier molecular flexibility index (Phi) is 5.54. The van der Waals surface area contributed by atoms with Gasteiger partial charge in [-0.2, -0.15) is 0 Å². The Bertz CT molecular complexity index is 136. The summed E-state index contributed by atoms with van der Waals surface area (Å²) in [5.41, 5.74) is 0. The first kappa shape index (κ1) is 12.0. The first-order valence-electron chi connectivity index (χ1n) is 6.40. The average Bonchev–Trinajstić information content (AvgIpc) is 2.19. The summed E-state index contributed by atoms with van der Waals surface area (Å²) in [6.07, 6.45) is 10.4. The van der Waals surface area contributed by atoms with Crippen LogP contribution in [-0.2, 0) is 0 Å². The standard InChI is InChI=1S/C13H27N/c1-12(2)14(3)11-7-10-13-8-5-4-6-9-13/h12-13H,4-11H2,1-3H3. The van der Waals surface area contributed by atoms with E-state index in [9.17, 15) is 0 Å². The highest BCUT2D eigenvalue weighted by molar-refractivity contribution is 4.67. The highest BCUT2D eigenvalue weighted by atomic mass is 15.1. The van der Waals surface area contributed by atoms with Crippen LogP contribution >= 0.6 is 0 Å². The van der Waals surface area contributed by atoms with Crippen LogP contribution < -0.4 is 0 Å². The van der Waals surface area contributed by atoms with Crippen molar-refractivity contribution in [3.8, 4) is 0 Å². The second-order valence-corrected chi connectivity index (χ2v) is 5.22. The predicted molar refractivity (Wildman–Crippen MR) is 63.6 cm³/mol. The van der Waals surface area contributed by atoms with Gasteiger partial charge in [-0.3, -0.25) is 0 Å². The molecule has 0 radical (unpaired) electrons. The third-order valence-electron chi connectivity index (χ3n) is 3.73. The smallest absolute Gasteiger partial charge is 0.00355 e. The fourth-order valence-electron chi connectivity index (χ4n) is 2.36. The fraction of sp³-hybridized carbons (Fsp3) is 1.00. The van der Waals surface area contributed by atoms with Gasteiger partial charge in [0.15, 0.2) is 0 Å². The van der Waals surface area contributed by atoms with Crippen molar-refractivity contribution in [1.29, 1.82) is 0 Å². The summed E-state index contributed by atoms with van der Waals surface area (Å²) in [5, 5.41) is 0. The van der Waals surface area contributed by atoms with E-state index < -0.39 is 0 Å². The van der Waals surface area contributed by atoms with Gasteiger partial charge in [0.1, 0.15) is 0 Å². The van der Waals surface area contributed by atoms with Crippen molar-refractivity contribution in [1.82, 2.24) is 4.90 Å². The second-order valence-electron chi connectivity index (χ2n) is 5.22. The quantitative estimate of drug-likeness (QED) is 0.650. The molecule has 1 aliphatic carbocycles. The molecule has 14 heavy (non-hydrogen) atoms. The van der Waals surface area contributed by atoms with E-state index in [0.29, 0.717) is 6.04 Å². The van der Waals surface area contributed by atoms with E-state index in [0.717, 1.165) is 5.92 Å². The van der Waals surface area contributed by atoms with Gasteiger partial charge in [0.25, 0.3) is 0 Å². The normalized spacial score (nSPS) is 19.5. The van der Waals surface area contributed by atoms with E-state index in [2.05, 4.69) is 25.8 Å². The molecule has 0 N–H and O–H groups in total. The zero-order chi connectivity index (χ0) is 10.4. The van der Waals surface area contributed by atoms with Crippen LogP contribution in [0.3, 0.4) is 0 Å². The molecule has 0 bridgehead atoms. The van der Waals surface area contributed by atoms with Crippen molar-refractivity contribution in [3.63, 3.8) is 0 Å². The zero-order valence-corrected chi connectivity index (χ0v) is 10.3. The van der Waals surface area contributed by atoms with Crippen LogP contribution in [0, 0.1) is 5.92 Å². The average molecular weight is 197 g/mol. The SMILES string of the molecule is CC(C)N(C)CCCC1CCCCC1. The Labute approximate surface area is 89.9 Å². The van der Waals surface area contributed by atoms with Crippen LogP contribution in [0.4, 0.5) is 0 Å². The molecule has 0 aliphatic heterocycles. The van der Waals surface area contributed by atoms with Crippen molar-refractivity contribution >= 4 is 0 Å². The molecule has 0 spiro atoms. The zero-order valence-electron chi connectivity index (χ0n) is 10.3. The van der Waals surface area contributed by atoms with E-state index >= 15 is 0 Å². The lowest BCUT2D eigenvalue weighted by atomic mass is 9.86. The van der Waals surface area contributed by atoms with Crippen LogP contribution in [-0.4, -0.2) is 24.5 Å². The molecule has 1 heteroatoms.